The number of carbonyl (C=O) groups is 2. The minimum atomic E-state index is -0.402. The largest absolute Gasteiger partial charge is 0.445 e. The van der Waals surface area contributed by atoms with E-state index in [1.807, 2.05) is 38.4 Å². The molecule has 0 saturated carbocycles. The topological polar surface area (TPSA) is 70.7 Å². The van der Waals surface area contributed by atoms with Crippen LogP contribution in [-0.2, 0) is 16.1 Å². The molecule has 1 unspecified atom stereocenters. The zero-order valence-corrected chi connectivity index (χ0v) is 24.8. The highest BCUT2D eigenvalue weighted by Crippen LogP contribution is 2.24. The van der Waals surface area contributed by atoms with Crippen LogP contribution in [0.1, 0.15) is 133 Å². The van der Waals surface area contributed by atoms with Crippen LogP contribution in [0, 0.1) is 0 Å². The first-order valence-electron chi connectivity index (χ1n) is 15.4. The number of nitrogens with zero attached hydrogens (tertiary/aromatic N) is 1. The molecule has 6 nitrogen and oxygen atoms in total. The fraction of sp³-hybridized carbons (Fsp3) is 0.750. The van der Waals surface area contributed by atoms with Gasteiger partial charge in [-0.1, -0.05) is 128 Å². The lowest BCUT2D eigenvalue weighted by Crippen LogP contribution is -2.28. The third-order valence-electron chi connectivity index (χ3n) is 7.21. The Morgan fingerprint density at radius 2 is 1.39 bits per heavy atom. The molecule has 2 amide bonds. The van der Waals surface area contributed by atoms with Gasteiger partial charge in [0.15, 0.2) is 0 Å². The quantitative estimate of drug-likeness (QED) is 0.0993. The number of ether oxygens (including phenoxy) is 1. The van der Waals surface area contributed by atoms with Crippen LogP contribution in [0.3, 0.4) is 0 Å². The average molecular weight is 532 g/mol. The third kappa shape index (κ3) is 18.2. The molecule has 1 rings (SSSR count). The Hall–Kier alpha value is -2.08. The Bertz CT molecular complexity index is 711. The van der Waals surface area contributed by atoms with Crippen LogP contribution < -0.4 is 10.6 Å². The van der Waals surface area contributed by atoms with Crippen molar-refractivity contribution in [3.8, 4) is 0 Å². The summed E-state index contributed by atoms with van der Waals surface area (Å²) in [5, 5.41) is 5.79. The molecule has 38 heavy (non-hydrogen) atoms. The van der Waals surface area contributed by atoms with Crippen molar-refractivity contribution in [1.82, 2.24) is 15.5 Å². The molecule has 1 aromatic rings. The maximum absolute atomic E-state index is 12.1. The Labute approximate surface area is 233 Å². The van der Waals surface area contributed by atoms with Gasteiger partial charge in [0.1, 0.15) is 6.61 Å². The lowest BCUT2D eigenvalue weighted by Gasteiger charge is -2.20. The van der Waals surface area contributed by atoms with Gasteiger partial charge in [-0.3, -0.25) is 4.79 Å². The van der Waals surface area contributed by atoms with Crippen molar-refractivity contribution in [3.05, 3.63) is 35.4 Å². The first kappa shape index (κ1) is 33.9. The molecule has 1 atom stereocenters. The predicted molar refractivity (Wildman–Crippen MR) is 159 cm³/mol. The van der Waals surface area contributed by atoms with Gasteiger partial charge in [-0.25, -0.2) is 4.79 Å². The molecule has 6 heteroatoms. The van der Waals surface area contributed by atoms with E-state index in [-0.39, 0.29) is 12.6 Å². The second-order valence-corrected chi connectivity index (χ2v) is 10.9. The zero-order valence-electron chi connectivity index (χ0n) is 24.8. The summed E-state index contributed by atoms with van der Waals surface area (Å²) in [5.74, 6) is 0. The fourth-order valence-electron chi connectivity index (χ4n) is 4.92. The SMILES string of the molecule is CCCCCCCCCCCCCCCCCC(NC=O)c1ccccc1COC(=O)NCCCN(C)C. The number of hydrogen-bond donors (Lipinski definition) is 2. The molecule has 0 radical (unpaired) electrons. The molecule has 0 heterocycles. The van der Waals surface area contributed by atoms with Crippen LogP contribution in [0.5, 0.6) is 0 Å². The Balaban J connectivity index is 2.23. The van der Waals surface area contributed by atoms with Crippen LogP contribution in [0.2, 0.25) is 0 Å². The van der Waals surface area contributed by atoms with E-state index >= 15 is 0 Å². The smallest absolute Gasteiger partial charge is 0.407 e. The molecule has 0 aliphatic heterocycles. The Morgan fingerprint density at radius 3 is 1.95 bits per heavy atom. The minimum Gasteiger partial charge on any atom is -0.445 e. The summed E-state index contributed by atoms with van der Waals surface area (Å²) >= 11 is 0. The van der Waals surface area contributed by atoms with Crippen molar-refractivity contribution in [2.75, 3.05) is 27.2 Å². The number of rotatable bonds is 25. The van der Waals surface area contributed by atoms with Crippen molar-refractivity contribution in [2.45, 2.75) is 129 Å². The maximum atomic E-state index is 12.1. The summed E-state index contributed by atoms with van der Waals surface area (Å²) in [6.07, 6.45) is 22.3. The summed E-state index contributed by atoms with van der Waals surface area (Å²) in [6, 6.07) is 7.87. The zero-order chi connectivity index (χ0) is 27.7. The maximum Gasteiger partial charge on any atom is 0.407 e. The van der Waals surface area contributed by atoms with Crippen LogP contribution in [0.15, 0.2) is 24.3 Å². The highest BCUT2D eigenvalue weighted by molar-refractivity contribution is 5.67. The van der Waals surface area contributed by atoms with Gasteiger partial charge in [0, 0.05) is 6.54 Å². The summed E-state index contributed by atoms with van der Waals surface area (Å²) in [6.45, 7) is 3.98. The van der Waals surface area contributed by atoms with Gasteiger partial charge in [-0.05, 0) is 44.6 Å². The monoisotopic (exact) mass is 531 g/mol. The van der Waals surface area contributed by atoms with Crippen LogP contribution >= 0.6 is 0 Å². The highest BCUT2D eigenvalue weighted by atomic mass is 16.5. The number of benzene rings is 1. The highest BCUT2D eigenvalue weighted by Gasteiger charge is 2.15. The van der Waals surface area contributed by atoms with Crippen molar-refractivity contribution in [2.24, 2.45) is 0 Å². The number of hydrogen-bond acceptors (Lipinski definition) is 4. The Kier molecular flexibility index (Phi) is 21.4. The molecule has 0 bridgehead atoms. The van der Waals surface area contributed by atoms with Crippen molar-refractivity contribution in [3.63, 3.8) is 0 Å². The average Bonchev–Trinajstić information content (AvgIpc) is 2.91. The van der Waals surface area contributed by atoms with Crippen LogP contribution in [-0.4, -0.2) is 44.6 Å². The summed E-state index contributed by atoms with van der Waals surface area (Å²) in [5.41, 5.74) is 1.97. The normalized spacial score (nSPS) is 11.9. The van der Waals surface area contributed by atoms with Gasteiger partial charge >= 0.3 is 6.09 Å². The van der Waals surface area contributed by atoms with E-state index in [1.165, 1.54) is 89.9 Å². The molecule has 0 fully saturated rings. The Morgan fingerprint density at radius 1 is 0.842 bits per heavy atom. The van der Waals surface area contributed by atoms with Crippen LogP contribution in [0.25, 0.3) is 0 Å². The van der Waals surface area contributed by atoms with Gasteiger partial charge < -0.3 is 20.3 Å². The number of nitrogens with one attached hydrogen (secondary N) is 2. The van der Waals surface area contributed by atoms with E-state index in [9.17, 15) is 9.59 Å². The van der Waals surface area contributed by atoms with E-state index in [2.05, 4.69) is 22.5 Å². The molecule has 1 aromatic carbocycles. The molecule has 0 aliphatic rings. The van der Waals surface area contributed by atoms with Crippen molar-refractivity contribution >= 4 is 12.5 Å². The minimum absolute atomic E-state index is 0.0579. The lowest BCUT2D eigenvalue weighted by molar-refractivity contribution is -0.110. The first-order valence-corrected chi connectivity index (χ1v) is 15.4. The molecular formula is C32H57N3O3. The molecule has 2 N–H and O–H groups in total. The van der Waals surface area contributed by atoms with Gasteiger partial charge in [-0.15, -0.1) is 0 Å². The lowest BCUT2D eigenvalue weighted by atomic mass is 9.95. The summed E-state index contributed by atoms with van der Waals surface area (Å²) in [7, 11) is 4.02. The predicted octanol–water partition coefficient (Wildman–Crippen LogP) is 7.91. The van der Waals surface area contributed by atoms with E-state index in [0.717, 1.165) is 43.3 Å². The fourth-order valence-corrected chi connectivity index (χ4v) is 4.92. The number of carbonyl (C=O) groups excluding carboxylic acids is 2. The third-order valence-corrected chi connectivity index (χ3v) is 7.21. The van der Waals surface area contributed by atoms with Crippen molar-refractivity contribution in [1.29, 1.82) is 0 Å². The summed E-state index contributed by atoms with van der Waals surface area (Å²) < 4.78 is 5.46. The van der Waals surface area contributed by atoms with Gasteiger partial charge in [0.05, 0.1) is 6.04 Å². The van der Waals surface area contributed by atoms with Crippen LogP contribution in [0.4, 0.5) is 4.79 Å². The number of amides is 2. The molecule has 218 valence electrons. The molecule has 0 spiro atoms. The van der Waals surface area contributed by atoms with Gasteiger partial charge in [0.25, 0.3) is 0 Å². The van der Waals surface area contributed by atoms with E-state index in [1.54, 1.807) is 0 Å². The molecule has 0 saturated heterocycles. The van der Waals surface area contributed by atoms with Crippen molar-refractivity contribution < 1.29 is 14.3 Å². The van der Waals surface area contributed by atoms with E-state index < -0.39 is 6.09 Å². The molecular weight excluding hydrogens is 474 g/mol. The van der Waals surface area contributed by atoms with E-state index in [0.29, 0.717) is 6.54 Å². The van der Waals surface area contributed by atoms with Gasteiger partial charge in [-0.2, -0.15) is 0 Å². The summed E-state index contributed by atoms with van der Waals surface area (Å²) in [4.78, 5) is 25.5. The second kappa shape index (κ2) is 24.0. The second-order valence-electron chi connectivity index (χ2n) is 10.9. The standard InChI is InChI=1S/C32H57N3O3/c1-4-5-6-7-8-9-10-11-12-13-14-15-16-17-18-24-31(34-28-36)30-23-20-19-22-29(30)27-38-32(37)33-25-21-26-35(2)3/h19-20,22-23,28,31H,4-18,21,24-27H2,1-3H3,(H,33,37)(H,34,36). The first-order chi connectivity index (χ1) is 18.6. The number of unbranched alkanes of at least 4 members (excludes halogenated alkanes) is 14. The van der Waals surface area contributed by atoms with E-state index in [4.69, 9.17) is 4.74 Å². The molecule has 0 aromatic heterocycles. The number of alkyl carbamates (subject to hydrolysis) is 1. The molecule has 0 aliphatic carbocycles. The van der Waals surface area contributed by atoms with Gasteiger partial charge in [0.2, 0.25) is 6.41 Å².